The number of nitrogens with one attached hydrogen (secondary N) is 2. The zero-order chi connectivity index (χ0) is 20.7. The molecular formula is C22H32ClN3O3. The largest absolute Gasteiger partial charge is 0.379 e. The third-order valence-electron chi connectivity index (χ3n) is 6.12. The highest BCUT2D eigenvalue weighted by molar-refractivity contribution is 6.30. The van der Waals surface area contributed by atoms with Crippen LogP contribution in [0.15, 0.2) is 24.3 Å². The fraction of sp³-hybridized carbons (Fsp3) is 0.636. The summed E-state index contributed by atoms with van der Waals surface area (Å²) in [6, 6.07) is 6.90. The van der Waals surface area contributed by atoms with E-state index < -0.39 is 0 Å². The second kappa shape index (κ2) is 10.4. The van der Waals surface area contributed by atoms with E-state index in [0.29, 0.717) is 11.6 Å². The van der Waals surface area contributed by atoms with Crippen LogP contribution in [0, 0.1) is 0 Å². The Morgan fingerprint density at radius 3 is 2.41 bits per heavy atom. The zero-order valence-corrected chi connectivity index (χ0v) is 18.0. The van der Waals surface area contributed by atoms with E-state index in [2.05, 4.69) is 15.5 Å². The summed E-state index contributed by atoms with van der Waals surface area (Å²) in [4.78, 5) is 27.0. The number of rotatable bonds is 7. The fourth-order valence-electron chi connectivity index (χ4n) is 4.57. The van der Waals surface area contributed by atoms with Crippen LogP contribution in [0.2, 0.25) is 5.02 Å². The van der Waals surface area contributed by atoms with Gasteiger partial charge >= 0.3 is 0 Å². The molecule has 1 heterocycles. The molecule has 2 aliphatic rings. The Balaban J connectivity index is 1.63. The van der Waals surface area contributed by atoms with Crippen LogP contribution in [-0.4, -0.2) is 55.1 Å². The van der Waals surface area contributed by atoms with Gasteiger partial charge < -0.3 is 15.4 Å². The van der Waals surface area contributed by atoms with Gasteiger partial charge in [-0.3, -0.25) is 14.5 Å². The molecule has 0 spiro atoms. The van der Waals surface area contributed by atoms with E-state index in [1.54, 1.807) is 12.1 Å². The van der Waals surface area contributed by atoms with Crippen molar-refractivity contribution >= 4 is 23.4 Å². The second-order valence-electron chi connectivity index (χ2n) is 8.17. The molecule has 29 heavy (non-hydrogen) atoms. The average Bonchev–Trinajstić information content (AvgIpc) is 2.73. The molecule has 2 amide bonds. The third kappa shape index (κ3) is 6.17. The van der Waals surface area contributed by atoms with E-state index in [4.69, 9.17) is 16.3 Å². The summed E-state index contributed by atoms with van der Waals surface area (Å²) in [6.45, 7) is 5.49. The van der Waals surface area contributed by atoms with Gasteiger partial charge in [0.25, 0.3) is 0 Å². The highest BCUT2D eigenvalue weighted by Gasteiger charge is 2.38. The van der Waals surface area contributed by atoms with Gasteiger partial charge in [0, 0.05) is 37.1 Å². The SMILES string of the molecule is CC(=O)NC(CC(=O)NCC1(N2CCOCC2)CCCCC1)c1ccc(Cl)cc1. The Morgan fingerprint density at radius 1 is 1.14 bits per heavy atom. The Bertz CT molecular complexity index is 683. The van der Waals surface area contributed by atoms with Gasteiger partial charge in [0.1, 0.15) is 0 Å². The van der Waals surface area contributed by atoms with Gasteiger partial charge in [-0.25, -0.2) is 0 Å². The third-order valence-corrected chi connectivity index (χ3v) is 6.37. The number of hydrogen-bond acceptors (Lipinski definition) is 4. The quantitative estimate of drug-likeness (QED) is 0.709. The first kappa shape index (κ1) is 22.1. The molecule has 1 unspecified atom stereocenters. The molecule has 1 aliphatic carbocycles. The monoisotopic (exact) mass is 421 g/mol. The van der Waals surface area contributed by atoms with Crippen LogP contribution < -0.4 is 10.6 Å². The highest BCUT2D eigenvalue weighted by Crippen LogP contribution is 2.34. The maximum Gasteiger partial charge on any atom is 0.222 e. The number of hydrogen-bond donors (Lipinski definition) is 2. The number of morpholine rings is 1. The molecule has 3 rings (SSSR count). The molecule has 1 aromatic rings. The van der Waals surface area contributed by atoms with E-state index in [-0.39, 0.29) is 29.8 Å². The lowest BCUT2D eigenvalue weighted by atomic mass is 9.79. The normalized spacial score (nSPS) is 20.6. The Labute approximate surface area is 178 Å². The van der Waals surface area contributed by atoms with Crippen LogP contribution in [0.4, 0.5) is 0 Å². The predicted molar refractivity (Wildman–Crippen MR) is 114 cm³/mol. The lowest BCUT2D eigenvalue weighted by Crippen LogP contribution is -2.59. The number of amides is 2. The van der Waals surface area contributed by atoms with Crippen molar-refractivity contribution in [2.75, 3.05) is 32.8 Å². The molecule has 0 aromatic heterocycles. The van der Waals surface area contributed by atoms with E-state index in [1.807, 2.05) is 12.1 Å². The first-order valence-electron chi connectivity index (χ1n) is 10.6. The van der Waals surface area contributed by atoms with Crippen molar-refractivity contribution in [2.24, 2.45) is 0 Å². The van der Waals surface area contributed by atoms with Gasteiger partial charge in [0.05, 0.1) is 25.7 Å². The van der Waals surface area contributed by atoms with Crippen molar-refractivity contribution in [3.05, 3.63) is 34.9 Å². The molecule has 2 N–H and O–H groups in total. The van der Waals surface area contributed by atoms with Gasteiger partial charge in [-0.1, -0.05) is 43.0 Å². The molecule has 1 aliphatic heterocycles. The van der Waals surface area contributed by atoms with Crippen molar-refractivity contribution in [2.45, 2.75) is 57.0 Å². The van der Waals surface area contributed by atoms with Crippen LogP contribution in [0.3, 0.4) is 0 Å². The number of halogens is 1. The first-order chi connectivity index (χ1) is 14.0. The number of carbonyl (C=O) groups excluding carboxylic acids is 2. The highest BCUT2D eigenvalue weighted by atomic mass is 35.5. The first-order valence-corrected chi connectivity index (χ1v) is 11.0. The maximum atomic E-state index is 12.8. The smallest absolute Gasteiger partial charge is 0.222 e. The second-order valence-corrected chi connectivity index (χ2v) is 8.61. The molecule has 1 atom stereocenters. The number of benzene rings is 1. The molecule has 2 fully saturated rings. The lowest BCUT2D eigenvalue weighted by molar-refractivity contribution is -0.123. The van der Waals surface area contributed by atoms with Crippen molar-refractivity contribution in [3.8, 4) is 0 Å². The van der Waals surface area contributed by atoms with Gasteiger partial charge in [-0.05, 0) is 30.5 Å². The van der Waals surface area contributed by atoms with Crippen LogP contribution in [0.5, 0.6) is 0 Å². The molecular weight excluding hydrogens is 390 g/mol. The van der Waals surface area contributed by atoms with Gasteiger partial charge in [-0.2, -0.15) is 0 Å². The van der Waals surface area contributed by atoms with E-state index >= 15 is 0 Å². The van der Waals surface area contributed by atoms with Crippen LogP contribution in [-0.2, 0) is 14.3 Å². The summed E-state index contributed by atoms with van der Waals surface area (Å²) in [5.74, 6) is -0.202. The molecule has 1 saturated carbocycles. The van der Waals surface area contributed by atoms with Gasteiger partial charge in [0.2, 0.25) is 11.8 Å². The Morgan fingerprint density at radius 2 is 1.79 bits per heavy atom. The van der Waals surface area contributed by atoms with Crippen molar-refractivity contribution in [1.29, 1.82) is 0 Å². The fourth-order valence-corrected chi connectivity index (χ4v) is 4.69. The number of nitrogens with zero attached hydrogens (tertiary/aromatic N) is 1. The zero-order valence-electron chi connectivity index (χ0n) is 17.2. The summed E-state index contributed by atoms with van der Waals surface area (Å²) in [6.07, 6.45) is 6.10. The van der Waals surface area contributed by atoms with Crippen molar-refractivity contribution in [3.63, 3.8) is 0 Å². The molecule has 160 valence electrons. The standard InChI is InChI=1S/C22H32ClN3O3/c1-17(27)25-20(18-5-7-19(23)8-6-18)15-21(28)24-16-22(9-3-2-4-10-22)26-11-13-29-14-12-26/h5-8,20H,2-4,9-16H2,1H3,(H,24,28)(H,25,27). The summed E-state index contributed by atoms with van der Waals surface area (Å²) >= 11 is 5.97. The van der Waals surface area contributed by atoms with Crippen molar-refractivity contribution < 1.29 is 14.3 Å². The summed E-state index contributed by atoms with van der Waals surface area (Å²) in [7, 11) is 0. The molecule has 1 saturated heterocycles. The molecule has 7 heteroatoms. The minimum Gasteiger partial charge on any atom is -0.379 e. The Kier molecular flexibility index (Phi) is 7.92. The average molecular weight is 422 g/mol. The van der Waals surface area contributed by atoms with Crippen LogP contribution in [0.1, 0.15) is 57.1 Å². The summed E-state index contributed by atoms with van der Waals surface area (Å²) in [5.41, 5.74) is 0.905. The van der Waals surface area contributed by atoms with Gasteiger partial charge in [-0.15, -0.1) is 0 Å². The summed E-state index contributed by atoms with van der Waals surface area (Å²) < 4.78 is 5.53. The van der Waals surface area contributed by atoms with Crippen LogP contribution in [0.25, 0.3) is 0 Å². The van der Waals surface area contributed by atoms with E-state index in [0.717, 1.165) is 44.7 Å². The predicted octanol–water partition coefficient (Wildman–Crippen LogP) is 3.06. The minimum absolute atomic E-state index is 0.0292. The van der Waals surface area contributed by atoms with E-state index in [1.165, 1.54) is 26.2 Å². The molecule has 6 nitrogen and oxygen atoms in total. The van der Waals surface area contributed by atoms with Gasteiger partial charge in [0.15, 0.2) is 0 Å². The van der Waals surface area contributed by atoms with E-state index in [9.17, 15) is 9.59 Å². The molecule has 0 bridgehead atoms. The number of ether oxygens (including phenoxy) is 1. The topological polar surface area (TPSA) is 70.7 Å². The summed E-state index contributed by atoms with van der Waals surface area (Å²) in [5, 5.41) is 6.69. The molecule has 0 radical (unpaired) electrons. The minimum atomic E-state index is -0.365. The maximum absolute atomic E-state index is 12.8. The van der Waals surface area contributed by atoms with Crippen molar-refractivity contribution in [1.82, 2.24) is 15.5 Å². The Hall–Kier alpha value is -1.63. The molecule has 1 aromatic carbocycles. The lowest BCUT2D eigenvalue weighted by Gasteiger charge is -2.48. The van der Waals surface area contributed by atoms with Crippen LogP contribution >= 0.6 is 11.6 Å². The number of carbonyl (C=O) groups is 2.